The number of hydrogen-bond donors (Lipinski definition) is 2. The second-order valence-electron chi connectivity index (χ2n) is 2.87. The molecule has 1 aromatic rings. The minimum Gasteiger partial charge on any atom is -0.481 e. The van der Waals surface area contributed by atoms with Crippen molar-refractivity contribution in [2.24, 2.45) is 0 Å². The molecule has 0 spiro atoms. The SMILES string of the molecule is O=C(O)CC(=O)NOCc1ccccc1. The number of carboxylic acids is 1. The highest BCUT2D eigenvalue weighted by molar-refractivity contribution is 5.92. The van der Waals surface area contributed by atoms with E-state index in [2.05, 4.69) is 0 Å². The number of nitrogens with one attached hydrogen (secondary N) is 1. The fourth-order valence-corrected chi connectivity index (χ4v) is 0.948. The highest BCUT2D eigenvalue weighted by Crippen LogP contribution is 1.98. The van der Waals surface area contributed by atoms with Gasteiger partial charge in [-0.15, -0.1) is 0 Å². The molecule has 1 amide bonds. The number of aliphatic carboxylic acids is 1. The van der Waals surface area contributed by atoms with E-state index in [1.54, 1.807) is 0 Å². The first-order chi connectivity index (χ1) is 7.18. The summed E-state index contributed by atoms with van der Waals surface area (Å²) < 4.78 is 0. The molecule has 0 bridgehead atoms. The summed E-state index contributed by atoms with van der Waals surface area (Å²) in [6, 6.07) is 9.23. The quantitative estimate of drug-likeness (QED) is 0.553. The van der Waals surface area contributed by atoms with E-state index in [1.165, 1.54) is 0 Å². The van der Waals surface area contributed by atoms with Gasteiger partial charge in [0.15, 0.2) is 0 Å². The zero-order valence-corrected chi connectivity index (χ0v) is 7.97. The molecule has 0 unspecified atom stereocenters. The van der Waals surface area contributed by atoms with Crippen LogP contribution >= 0.6 is 0 Å². The number of amides is 1. The van der Waals surface area contributed by atoms with Crippen molar-refractivity contribution in [3.05, 3.63) is 35.9 Å². The van der Waals surface area contributed by atoms with Gasteiger partial charge in [0.25, 0.3) is 5.91 Å². The van der Waals surface area contributed by atoms with Crippen LogP contribution in [0.5, 0.6) is 0 Å². The van der Waals surface area contributed by atoms with Crippen LogP contribution in [0.4, 0.5) is 0 Å². The molecule has 0 aliphatic heterocycles. The van der Waals surface area contributed by atoms with Crippen molar-refractivity contribution >= 4 is 11.9 Å². The molecule has 0 heterocycles. The average molecular weight is 209 g/mol. The Labute approximate surface area is 86.6 Å². The molecule has 1 aromatic carbocycles. The van der Waals surface area contributed by atoms with E-state index >= 15 is 0 Å². The lowest BCUT2D eigenvalue weighted by Gasteiger charge is -2.04. The van der Waals surface area contributed by atoms with Crippen molar-refractivity contribution < 1.29 is 19.5 Å². The Hall–Kier alpha value is -1.88. The predicted molar refractivity (Wildman–Crippen MR) is 51.6 cm³/mol. The molecule has 0 aliphatic carbocycles. The number of carbonyl (C=O) groups is 2. The van der Waals surface area contributed by atoms with Crippen LogP contribution in [0.15, 0.2) is 30.3 Å². The van der Waals surface area contributed by atoms with Gasteiger partial charge in [-0.05, 0) is 5.56 Å². The maximum atomic E-state index is 10.8. The lowest BCUT2D eigenvalue weighted by atomic mass is 10.2. The summed E-state index contributed by atoms with van der Waals surface area (Å²) in [6.07, 6.45) is -0.589. The molecule has 0 saturated heterocycles. The van der Waals surface area contributed by atoms with Crippen molar-refractivity contribution in [1.29, 1.82) is 0 Å². The third kappa shape index (κ3) is 4.78. The number of carboxylic acid groups (broad SMARTS) is 1. The van der Waals surface area contributed by atoms with Crippen LogP contribution in [0, 0.1) is 0 Å². The first kappa shape index (κ1) is 11.2. The number of hydroxylamine groups is 1. The van der Waals surface area contributed by atoms with Crippen LogP contribution in [-0.2, 0) is 21.0 Å². The monoisotopic (exact) mass is 209 g/mol. The van der Waals surface area contributed by atoms with Gasteiger partial charge in [-0.2, -0.15) is 0 Å². The van der Waals surface area contributed by atoms with Gasteiger partial charge in [0.05, 0.1) is 6.61 Å². The molecule has 5 nitrogen and oxygen atoms in total. The number of hydrogen-bond acceptors (Lipinski definition) is 3. The molecule has 0 aromatic heterocycles. The predicted octanol–water partition coefficient (Wildman–Crippen LogP) is 0.709. The molecular formula is C10H11NO4. The Kier molecular flexibility index (Phi) is 4.30. The Morgan fingerprint density at radius 2 is 1.93 bits per heavy atom. The van der Waals surface area contributed by atoms with Crippen LogP contribution < -0.4 is 5.48 Å². The molecule has 0 saturated carbocycles. The molecule has 0 atom stereocenters. The van der Waals surface area contributed by atoms with Crippen LogP contribution in [0.2, 0.25) is 0 Å². The van der Waals surface area contributed by atoms with Gasteiger partial charge in [0.2, 0.25) is 0 Å². The van der Waals surface area contributed by atoms with E-state index in [4.69, 9.17) is 9.94 Å². The summed E-state index contributed by atoms with van der Waals surface area (Å²) in [5.74, 6) is -1.85. The van der Waals surface area contributed by atoms with Gasteiger partial charge < -0.3 is 5.11 Å². The highest BCUT2D eigenvalue weighted by atomic mass is 16.6. The standard InChI is InChI=1S/C10H11NO4/c12-9(6-10(13)14)11-15-7-8-4-2-1-3-5-8/h1-5H,6-7H2,(H,11,12)(H,13,14). The van der Waals surface area contributed by atoms with Gasteiger partial charge in [0, 0.05) is 0 Å². The molecule has 2 N–H and O–H groups in total. The third-order valence-electron chi connectivity index (χ3n) is 1.58. The third-order valence-corrected chi connectivity index (χ3v) is 1.58. The van der Waals surface area contributed by atoms with Gasteiger partial charge in [0.1, 0.15) is 6.42 Å². The topological polar surface area (TPSA) is 75.6 Å². The Bertz CT molecular complexity index is 337. The molecule has 0 fully saturated rings. The normalized spacial score (nSPS) is 9.60. The minimum atomic E-state index is -1.18. The van der Waals surface area contributed by atoms with Crippen molar-refractivity contribution in [3.63, 3.8) is 0 Å². The largest absolute Gasteiger partial charge is 0.481 e. The van der Waals surface area contributed by atoms with Crippen LogP contribution in [-0.4, -0.2) is 17.0 Å². The van der Waals surface area contributed by atoms with E-state index in [1.807, 2.05) is 35.8 Å². The second kappa shape index (κ2) is 5.77. The Morgan fingerprint density at radius 3 is 2.53 bits per heavy atom. The highest BCUT2D eigenvalue weighted by Gasteiger charge is 2.06. The zero-order chi connectivity index (χ0) is 11.1. The van der Waals surface area contributed by atoms with E-state index in [-0.39, 0.29) is 6.61 Å². The van der Waals surface area contributed by atoms with E-state index in [0.29, 0.717) is 0 Å². The molecule has 0 aliphatic rings. The van der Waals surface area contributed by atoms with Gasteiger partial charge in [-0.25, -0.2) is 5.48 Å². The summed E-state index contributed by atoms with van der Waals surface area (Å²) >= 11 is 0. The van der Waals surface area contributed by atoms with Crippen LogP contribution in [0.1, 0.15) is 12.0 Å². The van der Waals surface area contributed by atoms with Crippen molar-refractivity contribution in [2.45, 2.75) is 13.0 Å². The zero-order valence-electron chi connectivity index (χ0n) is 7.97. The maximum Gasteiger partial charge on any atom is 0.312 e. The van der Waals surface area contributed by atoms with Crippen molar-refractivity contribution in [1.82, 2.24) is 5.48 Å². The number of rotatable bonds is 5. The first-order valence-corrected chi connectivity index (χ1v) is 4.35. The fraction of sp³-hybridized carbons (Fsp3) is 0.200. The summed E-state index contributed by atoms with van der Waals surface area (Å²) in [4.78, 5) is 25.8. The first-order valence-electron chi connectivity index (χ1n) is 4.35. The summed E-state index contributed by atoms with van der Waals surface area (Å²) in [7, 11) is 0. The van der Waals surface area contributed by atoms with Gasteiger partial charge in [-0.1, -0.05) is 30.3 Å². The number of carbonyl (C=O) groups excluding carboxylic acids is 1. The van der Waals surface area contributed by atoms with Crippen molar-refractivity contribution in [3.8, 4) is 0 Å². The van der Waals surface area contributed by atoms with Crippen LogP contribution in [0.25, 0.3) is 0 Å². The fourth-order valence-electron chi connectivity index (χ4n) is 0.948. The molecule has 1 rings (SSSR count). The smallest absolute Gasteiger partial charge is 0.312 e. The lowest BCUT2D eigenvalue weighted by Crippen LogP contribution is -2.25. The van der Waals surface area contributed by atoms with E-state index in [0.717, 1.165) is 5.56 Å². The summed E-state index contributed by atoms with van der Waals surface area (Å²) in [6.45, 7) is 0.214. The number of benzene rings is 1. The average Bonchev–Trinajstić information content (AvgIpc) is 2.18. The molecular weight excluding hydrogens is 198 g/mol. The van der Waals surface area contributed by atoms with E-state index < -0.39 is 18.3 Å². The Morgan fingerprint density at radius 1 is 1.27 bits per heavy atom. The molecule has 0 radical (unpaired) electrons. The molecule has 80 valence electrons. The van der Waals surface area contributed by atoms with Gasteiger partial charge >= 0.3 is 5.97 Å². The summed E-state index contributed by atoms with van der Waals surface area (Å²) in [5.41, 5.74) is 2.94. The molecule has 15 heavy (non-hydrogen) atoms. The minimum absolute atomic E-state index is 0.214. The van der Waals surface area contributed by atoms with Crippen molar-refractivity contribution in [2.75, 3.05) is 0 Å². The van der Waals surface area contributed by atoms with E-state index in [9.17, 15) is 9.59 Å². The maximum absolute atomic E-state index is 10.8. The lowest BCUT2D eigenvalue weighted by molar-refractivity contribution is -0.145. The summed E-state index contributed by atoms with van der Waals surface area (Å²) in [5, 5.41) is 8.28. The van der Waals surface area contributed by atoms with Crippen LogP contribution in [0.3, 0.4) is 0 Å². The van der Waals surface area contributed by atoms with Gasteiger partial charge in [-0.3, -0.25) is 14.4 Å². The Balaban J connectivity index is 2.22. The molecule has 5 heteroatoms. The second-order valence-corrected chi connectivity index (χ2v) is 2.87.